The molecular weight excluding hydrogens is 420 g/mol. The van der Waals surface area contributed by atoms with E-state index in [4.69, 9.17) is 16.3 Å². The van der Waals surface area contributed by atoms with Crippen LogP contribution < -0.4 is 20.9 Å². The summed E-state index contributed by atoms with van der Waals surface area (Å²) in [6, 6.07) is 14.2. The number of hydrogen-bond donors (Lipinski definition) is 2. The molecule has 2 amide bonds. The minimum Gasteiger partial charge on any atom is -0.497 e. The zero-order valence-corrected chi connectivity index (χ0v) is 17.9. The largest absolute Gasteiger partial charge is 0.497 e. The van der Waals surface area contributed by atoms with E-state index in [-0.39, 0.29) is 5.69 Å². The lowest BCUT2D eigenvalue weighted by Crippen LogP contribution is -2.35. The topological polar surface area (TPSA) is 102 Å². The lowest BCUT2D eigenvalue weighted by Gasteiger charge is -2.17. The number of aromatic nitrogens is 2. The molecule has 3 aromatic rings. The Balaban J connectivity index is 1.97. The molecule has 160 valence electrons. The number of ether oxygens (including phenoxy) is 1. The zero-order valence-electron chi connectivity index (χ0n) is 17.2. The smallest absolute Gasteiger partial charge is 0.291 e. The van der Waals surface area contributed by atoms with E-state index in [0.717, 1.165) is 4.68 Å². The van der Waals surface area contributed by atoms with Crippen LogP contribution in [0.4, 0.5) is 11.4 Å². The number of nitrogens with one attached hydrogen (secondary N) is 2. The van der Waals surface area contributed by atoms with Gasteiger partial charge in [0.15, 0.2) is 0 Å². The molecule has 9 heteroatoms. The van der Waals surface area contributed by atoms with Crippen LogP contribution in [-0.2, 0) is 9.59 Å². The van der Waals surface area contributed by atoms with Crippen LogP contribution >= 0.6 is 11.6 Å². The highest BCUT2D eigenvalue weighted by molar-refractivity contribution is 6.30. The summed E-state index contributed by atoms with van der Waals surface area (Å²) in [5.41, 5.74) is 1.06. The predicted molar refractivity (Wildman–Crippen MR) is 120 cm³/mol. The van der Waals surface area contributed by atoms with Crippen LogP contribution in [0.3, 0.4) is 0 Å². The van der Waals surface area contributed by atoms with Crippen molar-refractivity contribution in [1.29, 1.82) is 0 Å². The monoisotopic (exact) mass is 440 g/mol. The minimum atomic E-state index is -0.950. The van der Waals surface area contributed by atoms with Gasteiger partial charge in [0.2, 0.25) is 11.8 Å². The molecular formula is C22H21ClN4O4. The van der Waals surface area contributed by atoms with E-state index in [1.165, 1.54) is 13.0 Å². The van der Waals surface area contributed by atoms with Crippen LogP contribution in [0.25, 0.3) is 11.3 Å². The first-order valence-corrected chi connectivity index (χ1v) is 9.78. The molecule has 31 heavy (non-hydrogen) atoms. The lowest BCUT2D eigenvalue weighted by molar-refractivity contribution is -0.119. The molecule has 0 unspecified atom stereocenters. The molecule has 1 heterocycles. The molecule has 1 aromatic heterocycles. The third-order valence-electron chi connectivity index (χ3n) is 4.49. The second-order valence-corrected chi connectivity index (χ2v) is 7.21. The Morgan fingerprint density at radius 1 is 1.06 bits per heavy atom. The first-order chi connectivity index (χ1) is 14.8. The summed E-state index contributed by atoms with van der Waals surface area (Å²) in [7, 11) is 1.55. The Morgan fingerprint density at radius 2 is 1.71 bits per heavy atom. The average molecular weight is 441 g/mol. The first-order valence-electron chi connectivity index (χ1n) is 9.41. The summed E-state index contributed by atoms with van der Waals surface area (Å²) in [5.74, 6) is -0.200. The molecule has 0 aliphatic heterocycles. The maximum absolute atomic E-state index is 12.9. The van der Waals surface area contributed by atoms with Gasteiger partial charge in [0.1, 0.15) is 17.5 Å². The minimum absolute atomic E-state index is 0.0246. The molecule has 1 atom stereocenters. The highest BCUT2D eigenvalue weighted by Gasteiger charge is 2.21. The summed E-state index contributed by atoms with van der Waals surface area (Å²) >= 11 is 5.95. The van der Waals surface area contributed by atoms with E-state index in [9.17, 15) is 14.4 Å². The summed E-state index contributed by atoms with van der Waals surface area (Å²) < 4.78 is 6.15. The second-order valence-electron chi connectivity index (χ2n) is 6.77. The van der Waals surface area contributed by atoms with Crippen LogP contribution in [0.1, 0.15) is 19.9 Å². The van der Waals surface area contributed by atoms with E-state index in [0.29, 0.717) is 27.7 Å². The molecule has 3 rings (SSSR count). The quantitative estimate of drug-likeness (QED) is 0.608. The number of benzene rings is 2. The molecule has 0 aliphatic carbocycles. The van der Waals surface area contributed by atoms with Gasteiger partial charge in [0, 0.05) is 23.2 Å². The summed E-state index contributed by atoms with van der Waals surface area (Å²) in [5, 5.41) is 10.2. The number of methoxy groups -OCH3 is 1. The van der Waals surface area contributed by atoms with E-state index in [1.807, 2.05) is 0 Å². The van der Waals surface area contributed by atoms with Crippen molar-refractivity contribution in [1.82, 2.24) is 9.78 Å². The number of carbonyl (C=O) groups excluding carboxylic acids is 2. The number of hydrogen-bond acceptors (Lipinski definition) is 5. The molecule has 8 nitrogen and oxygen atoms in total. The van der Waals surface area contributed by atoms with Gasteiger partial charge in [-0.1, -0.05) is 23.7 Å². The molecule has 0 saturated heterocycles. The molecule has 0 bridgehead atoms. The number of halogens is 1. The van der Waals surface area contributed by atoms with Crippen molar-refractivity contribution in [3.63, 3.8) is 0 Å². The van der Waals surface area contributed by atoms with E-state index in [2.05, 4.69) is 15.7 Å². The Kier molecular flexibility index (Phi) is 6.71. The fourth-order valence-corrected chi connectivity index (χ4v) is 2.97. The van der Waals surface area contributed by atoms with Crippen LogP contribution in [0.15, 0.2) is 59.4 Å². The normalized spacial score (nSPS) is 11.5. The second kappa shape index (κ2) is 9.44. The van der Waals surface area contributed by atoms with Gasteiger partial charge in [-0.25, -0.2) is 4.68 Å². The van der Waals surface area contributed by atoms with E-state index >= 15 is 0 Å². The van der Waals surface area contributed by atoms with Crippen molar-refractivity contribution < 1.29 is 14.3 Å². The molecule has 0 aliphatic rings. The van der Waals surface area contributed by atoms with Gasteiger partial charge in [0.25, 0.3) is 5.56 Å². The predicted octanol–water partition coefficient (Wildman–Crippen LogP) is 3.73. The number of carbonyl (C=O) groups is 2. The van der Waals surface area contributed by atoms with Crippen LogP contribution in [0.2, 0.25) is 5.02 Å². The summed E-state index contributed by atoms with van der Waals surface area (Å²) in [4.78, 5) is 37.3. The SMILES string of the molecule is COc1ccc(NC(=O)[C@H](C)n2nc(-c3ccc(Cl)cc3)cc(NC(C)=O)c2=O)cc1. The van der Waals surface area contributed by atoms with Gasteiger partial charge in [-0.2, -0.15) is 5.10 Å². The molecule has 2 aromatic carbocycles. The number of rotatable bonds is 6. The van der Waals surface area contributed by atoms with Gasteiger partial charge in [-0.05, 0) is 49.4 Å². The molecule has 0 radical (unpaired) electrons. The Labute approximate surface area is 183 Å². The van der Waals surface area contributed by atoms with Gasteiger partial charge in [-0.15, -0.1) is 0 Å². The van der Waals surface area contributed by atoms with Crippen molar-refractivity contribution in [2.75, 3.05) is 17.7 Å². The Bertz CT molecular complexity index is 1160. The molecule has 0 fully saturated rings. The first kappa shape index (κ1) is 22.0. The molecule has 0 spiro atoms. The van der Waals surface area contributed by atoms with Crippen LogP contribution in [-0.4, -0.2) is 28.7 Å². The Hall–Kier alpha value is -3.65. The van der Waals surface area contributed by atoms with Gasteiger partial charge in [0.05, 0.1) is 12.8 Å². The zero-order chi connectivity index (χ0) is 22.5. The fourth-order valence-electron chi connectivity index (χ4n) is 2.85. The standard InChI is InChI=1S/C22H21ClN4O4/c1-13(21(29)25-17-8-10-18(31-3)11-9-17)27-22(30)20(24-14(2)28)12-19(26-27)15-4-6-16(23)7-5-15/h4-13H,1-3H3,(H,24,28)(H,25,29)/t13-/m0/s1. The Morgan fingerprint density at radius 3 is 2.29 bits per heavy atom. The maximum atomic E-state index is 12.9. The third kappa shape index (κ3) is 5.29. The number of anilines is 2. The van der Waals surface area contributed by atoms with E-state index in [1.54, 1.807) is 62.6 Å². The highest BCUT2D eigenvalue weighted by atomic mass is 35.5. The van der Waals surface area contributed by atoms with E-state index < -0.39 is 23.4 Å². The maximum Gasteiger partial charge on any atom is 0.291 e. The highest BCUT2D eigenvalue weighted by Crippen LogP contribution is 2.22. The molecule has 2 N–H and O–H groups in total. The van der Waals surface area contributed by atoms with Gasteiger partial charge < -0.3 is 15.4 Å². The van der Waals surface area contributed by atoms with Crippen LogP contribution in [0.5, 0.6) is 5.75 Å². The number of amides is 2. The lowest BCUT2D eigenvalue weighted by atomic mass is 10.1. The van der Waals surface area contributed by atoms with Crippen molar-refractivity contribution in [3.05, 3.63) is 70.0 Å². The van der Waals surface area contributed by atoms with Crippen molar-refractivity contribution >= 4 is 34.8 Å². The third-order valence-corrected chi connectivity index (χ3v) is 4.74. The average Bonchev–Trinajstić information content (AvgIpc) is 2.75. The fraction of sp³-hybridized carbons (Fsp3) is 0.182. The van der Waals surface area contributed by atoms with Crippen LogP contribution in [0, 0.1) is 0 Å². The van der Waals surface area contributed by atoms with Crippen molar-refractivity contribution in [2.24, 2.45) is 0 Å². The van der Waals surface area contributed by atoms with Crippen molar-refractivity contribution in [3.8, 4) is 17.0 Å². The van der Waals surface area contributed by atoms with Crippen molar-refractivity contribution in [2.45, 2.75) is 19.9 Å². The number of nitrogens with zero attached hydrogens (tertiary/aromatic N) is 2. The summed E-state index contributed by atoms with van der Waals surface area (Å²) in [6.07, 6.45) is 0. The van der Waals surface area contributed by atoms with Gasteiger partial charge in [-0.3, -0.25) is 14.4 Å². The van der Waals surface area contributed by atoms with Gasteiger partial charge >= 0.3 is 0 Å². The molecule has 0 saturated carbocycles. The summed E-state index contributed by atoms with van der Waals surface area (Å²) in [6.45, 7) is 2.85.